The molecule has 0 aliphatic heterocycles. The Morgan fingerprint density at radius 3 is 2.10 bits per heavy atom. The van der Waals surface area contributed by atoms with Gasteiger partial charge in [-0.2, -0.15) is 0 Å². The zero-order valence-electron chi connectivity index (χ0n) is 13.1. The number of nitrogens with one attached hydrogen (secondary N) is 1. The lowest BCUT2D eigenvalue weighted by Crippen LogP contribution is -2.28. The maximum absolute atomic E-state index is 6.22. The van der Waals surface area contributed by atoms with Crippen LogP contribution in [0.3, 0.4) is 0 Å². The molecule has 0 spiro atoms. The summed E-state index contributed by atoms with van der Waals surface area (Å²) in [7, 11) is 0. The van der Waals surface area contributed by atoms with E-state index in [0.717, 1.165) is 11.6 Å². The number of benzene rings is 1. The molecule has 1 nitrogen and oxygen atoms in total. The van der Waals surface area contributed by atoms with Crippen LogP contribution in [0.2, 0.25) is 5.02 Å². The fraction of sp³-hybridized carbons (Fsp3) is 0.667. The lowest BCUT2D eigenvalue weighted by molar-refractivity contribution is 0.417. The van der Waals surface area contributed by atoms with Crippen molar-refractivity contribution in [1.29, 1.82) is 0 Å². The topological polar surface area (TPSA) is 12.0 Å². The summed E-state index contributed by atoms with van der Waals surface area (Å²) in [5.74, 6) is 0. The maximum Gasteiger partial charge on any atom is 0.0450 e. The summed E-state index contributed by atoms with van der Waals surface area (Å²) in [4.78, 5) is 0. The first-order chi connectivity index (χ1) is 9.77. The first-order valence-corrected chi connectivity index (χ1v) is 8.62. The minimum atomic E-state index is 0.643. The van der Waals surface area contributed by atoms with Gasteiger partial charge in [-0.25, -0.2) is 0 Å². The Hall–Kier alpha value is -0.530. The average Bonchev–Trinajstić information content (AvgIpc) is 2.46. The molecule has 0 aliphatic rings. The van der Waals surface area contributed by atoms with Crippen molar-refractivity contribution in [2.75, 3.05) is 0 Å². The highest BCUT2D eigenvalue weighted by Crippen LogP contribution is 2.16. The van der Waals surface area contributed by atoms with E-state index < -0.39 is 0 Å². The van der Waals surface area contributed by atoms with Crippen LogP contribution in [0, 0.1) is 0 Å². The van der Waals surface area contributed by atoms with E-state index in [4.69, 9.17) is 11.6 Å². The van der Waals surface area contributed by atoms with Gasteiger partial charge in [0, 0.05) is 17.6 Å². The summed E-state index contributed by atoms with van der Waals surface area (Å²) < 4.78 is 0. The van der Waals surface area contributed by atoms with Crippen LogP contribution < -0.4 is 5.32 Å². The minimum Gasteiger partial charge on any atom is -0.310 e. The number of unbranched alkanes of at least 4 members (excludes halogenated alkanes) is 4. The van der Waals surface area contributed by atoms with Crippen molar-refractivity contribution < 1.29 is 0 Å². The fourth-order valence-corrected chi connectivity index (χ4v) is 2.73. The first kappa shape index (κ1) is 17.5. The number of halogens is 1. The zero-order chi connectivity index (χ0) is 14.6. The van der Waals surface area contributed by atoms with E-state index in [1.807, 2.05) is 12.1 Å². The molecule has 0 saturated carbocycles. The molecule has 0 aliphatic carbocycles. The fourth-order valence-electron chi connectivity index (χ4n) is 2.53. The molecular formula is C18H30ClN. The SMILES string of the molecule is CCCCCC(CCCCC)NCc1ccccc1Cl. The molecule has 114 valence electrons. The Bertz CT molecular complexity index is 341. The van der Waals surface area contributed by atoms with Crippen molar-refractivity contribution in [3.63, 3.8) is 0 Å². The number of hydrogen-bond acceptors (Lipinski definition) is 1. The molecule has 1 aromatic carbocycles. The lowest BCUT2D eigenvalue weighted by atomic mass is 10.0. The van der Waals surface area contributed by atoms with E-state index in [1.54, 1.807) is 0 Å². The molecule has 1 N–H and O–H groups in total. The second-order valence-electron chi connectivity index (χ2n) is 5.66. The standard InChI is InChI=1S/C18H30ClN/c1-3-5-7-12-17(13-8-6-4-2)20-15-16-11-9-10-14-18(16)19/h9-11,14,17,20H,3-8,12-13,15H2,1-2H3. The smallest absolute Gasteiger partial charge is 0.0450 e. The molecule has 1 rings (SSSR count). The van der Waals surface area contributed by atoms with Crippen molar-refractivity contribution in [1.82, 2.24) is 5.32 Å². The third-order valence-corrected chi connectivity index (χ3v) is 4.22. The molecule has 0 aromatic heterocycles. The van der Waals surface area contributed by atoms with Gasteiger partial charge in [-0.15, -0.1) is 0 Å². The summed E-state index contributed by atoms with van der Waals surface area (Å²) in [5, 5.41) is 4.59. The van der Waals surface area contributed by atoms with Crippen molar-refractivity contribution >= 4 is 11.6 Å². The molecule has 0 saturated heterocycles. The predicted molar refractivity (Wildman–Crippen MR) is 90.4 cm³/mol. The van der Waals surface area contributed by atoms with E-state index >= 15 is 0 Å². The minimum absolute atomic E-state index is 0.643. The second kappa shape index (κ2) is 11.2. The maximum atomic E-state index is 6.22. The van der Waals surface area contributed by atoms with Crippen LogP contribution in [0.15, 0.2) is 24.3 Å². The highest BCUT2D eigenvalue weighted by molar-refractivity contribution is 6.31. The zero-order valence-corrected chi connectivity index (χ0v) is 13.9. The van der Waals surface area contributed by atoms with Gasteiger partial charge in [0.05, 0.1) is 0 Å². The van der Waals surface area contributed by atoms with Gasteiger partial charge in [-0.05, 0) is 24.5 Å². The van der Waals surface area contributed by atoms with Crippen molar-refractivity contribution in [2.45, 2.75) is 77.8 Å². The average molecular weight is 296 g/mol. The molecule has 20 heavy (non-hydrogen) atoms. The molecular weight excluding hydrogens is 266 g/mol. The molecule has 2 heteroatoms. The van der Waals surface area contributed by atoms with Crippen LogP contribution in [0.1, 0.15) is 70.8 Å². The van der Waals surface area contributed by atoms with Crippen LogP contribution in [0.4, 0.5) is 0 Å². The molecule has 0 unspecified atom stereocenters. The predicted octanol–water partition coefficient (Wildman–Crippen LogP) is 5.96. The van der Waals surface area contributed by atoms with Gasteiger partial charge in [0.15, 0.2) is 0 Å². The summed E-state index contributed by atoms with van der Waals surface area (Å²) in [6.45, 7) is 5.43. The molecule has 0 bridgehead atoms. The van der Waals surface area contributed by atoms with Crippen LogP contribution in [-0.4, -0.2) is 6.04 Å². The van der Waals surface area contributed by atoms with Crippen molar-refractivity contribution in [3.05, 3.63) is 34.9 Å². The molecule has 0 amide bonds. The van der Waals surface area contributed by atoms with E-state index in [9.17, 15) is 0 Å². The third kappa shape index (κ3) is 7.31. The van der Waals surface area contributed by atoms with E-state index in [0.29, 0.717) is 6.04 Å². The summed E-state index contributed by atoms with van der Waals surface area (Å²) in [5.41, 5.74) is 1.21. The van der Waals surface area contributed by atoms with Gasteiger partial charge < -0.3 is 5.32 Å². The van der Waals surface area contributed by atoms with Gasteiger partial charge >= 0.3 is 0 Å². The molecule has 0 radical (unpaired) electrons. The van der Waals surface area contributed by atoms with Crippen molar-refractivity contribution in [3.8, 4) is 0 Å². The molecule has 1 aromatic rings. The second-order valence-corrected chi connectivity index (χ2v) is 6.07. The monoisotopic (exact) mass is 295 g/mol. The van der Waals surface area contributed by atoms with Crippen LogP contribution in [-0.2, 0) is 6.54 Å². The van der Waals surface area contributed by atoms with E-state index in [2.05, 4.69) is 31.3 Å². The number of rotatable bonds is 11. The summed E-state index contributed by atoms with van der Waals surface area (Å²) in [6, 6.07) is 8.79. The van der Waals surface area contributed by atoms with Gasteiger partial charge in [0.2, 0.25) is 0 Å². The first-order valence-electron chi connectivity index (χ1n) is 8.24. The Labute approximate surface area is 130 Å². The number of hydrogen-bond donors (Lipinski definition) is 1. The molecule has 0 fully saturated rings. The third-order valence-electron chi connectivity index (χ3n) is 3.85. The Morgan fingerprint density at radius 1 is 0.950 bits per heavy atom. The van der Waals surface area contributed by atoms with Gasteiger partial charge in [0.25, 0.3) is 0 Å². The van der Waals surface area contributed by atoms with E-state index in [1.165, 1.54) is 56.9 Å². The quantitative estimate of drug-likeness (QED) is 0.497. The summed E-state index contributed by atoms with van der Waals surface area (Å²) in [6.07, 6.45) is 10.5. The lowest BCUT2D eigenvalue weighted by Gasteiger charge is -2.19. The Kier molecular flexibility index (Phi) is 9.78. The molecule has 0 atom stereocenters. The normalized spacial score (nSPS) is 11.2. The van der Waals surface area contributed by atoms with E-state index in [-0.39, 0.29) is 0 Å². The van der Waals surface area contributed by atoms with Crippen LogP contribution in [0.25, 0.3) is 0 Å². The Balaban J connectivity index is 2.39. The highest BCUT2D eigenvalue weighted by atomic mass is 35.5. The van der Waals surface area contributed by atoms with Crippen LogP contribution >= 0.6 is 11.6 Å². The highest BCUT2D eigenvalue weighted by Gasteiger charge is 2.08. The Morgan fingerprint density at radius 2 is 1.55 bits per heavy atom. The van der Waals surface area contributed by atoms with Gasteiger partial charge in [-0.1, -0.05) is 82.2 Å². The van der Waals surface area contributed by atoms with Gasteiger partial charge in [0.1, 0.15) is 0 Å². The largest absolute Gasteiger partial charge is 0.310 e. The van der Waals surface area contributed by atoms with Crippen molar-refractivity contribution in [2.24, 2.45) is 0 Å². The molecule has 0 heterocycles. The van der Waals surface area contributed by atoms with Gasteiger partial charge in [-0.3, -0.25) is 0 Å². The summed E-state index contributed by atoms with van der Waals surface area (Å²) >= 11 is 6.22. The van der Waals surface area contributed by atoms with Crippen LogP contribution in [0.5, 0.6) is 0 Å².